The molecule has 91 valence electrons. The molecule has 2 aromatic rings. The van der Waals surface area contributed by atoms with Crippen LogP contribution in [0.2, 0.25) is 0 Å². The predicted molar refractivity (Wildman–Crippen MR) is 70.4 cm³/mol. The largest absolute Gasteiger partial charge is 0.262 e. The van der Waals surface area contributed by atoms with Gasteiger partial charge in [0.2, 0.25) is 0 Å². The van der Waals surface area contributed by atoms with E-state index in [1.54, 1.807) is 12.4 Å². The maximum atomic E-state index is 4.26. The third-order valence-electron chi connectivity index (χ3n) is 2.73. The molecule has 0 saturated heterocycles. The van der Waals surface area contributed by atoms with E-state index in [2.05, 4.69) is 40.3 Å². The summed E-state index contributed by atoms with van der Waals surface area (Å²) >= 11 is 0. The van der Waals surface area contributed by atoms with E-state index in [0.717, 1.165) is 5.56 Å². The molecule has 18 heavy (non-hydrogen) atoms. The van der Waals surface area contributed by atoms with E-state index < -0.39 is 0 Å². The van der Waals surface area contributed by atoms with Crippen LogP contribution in [0.15, 0.2) is 58.5 Å². The van der Waals surface area contributed by atoms with Gasteiger partial charge in [0.05, 0.1) is 0 Å². The summed E-state index contributed by atoms with van der Waals surface area (Å²) in [5.74, 6) is 0. The van der Waals surface area contributed by atoms with Crippen molar-refractivity contribution < 1.29 is 20.1 Å². The van der Waals surface area contributed by atoms with E-state index in [9.17, 15) is 0 Å². The van der Waals surface area contributed by atoms with Gasteiger partial charge in [-0.1, -0.05) is 30.3 Å². The SMILES string of the molecule is [Ir].[c-]1ccc(-c2ccccc2)cc1C1N=CC=N1. The van der Waals surface area contributed by atoms with E-state index in [4.69, 9.17) is 0 Å². The van der Waals surface area contributed by atoms with Gasteiger partial charge in [-0.05, 0) is 5.56 Å². The Morgan fingerprint density at radius 2 is 1.61 bits per heavy atom. The van der Waals surface area contributed by atoms with Crippen LogP contribution < -0.4 is 0 Å². The molecule has 1 heterocycles. The van der Waals surface area contributed by atoms with Gasteiger partial charge in [-0.25, -0.2) is 0 Å². The van der Waals surface area contributed by atoms with Gasteiger partial charge in [-0.3, -0.25) is 9.98 Å². The Kier molecular flexibility index (Phi) is 4.19. The number of hydrogen-bond donors (Lipinski definition) is 0. The van der Waals surface area contributed by atoms with Crippen molar-refractivity contribution in [3.8, 4) is 11.1 Å². The Bertz CT molecular complexity index is 564. The molecule has 0 amide bonds. The van der Waals surface area contributed by atoms with Gasteiger partial charge in [0.15, 0.2) is 0 Å². The van der Waals surface area contributed by atoms with Gasteiger partial charge < -0.3 is 0 Å². The summed E-state index contributed by atoms with van der Waals surface area (Å²) in [5.41, 5.74) is 3.39. The van der Waals surface area contributed by atoms with Crippen molar-refractivity contribution in [2.24, 2.45) is 9.98 Å². The van der Waals surface area contributed by atoms with Crippen molar-refractivity contribution in [3.05, 3.63) is 60.2 Å². The summed E-state index contributed by atoms with van der Waals surface area (Å²) in [4.78, 5) is 8.52. The van der Waals surface area contributed by atoms with Crippen molar-refractivity contribution in [1.29, 1.82) is 0 Å². The number of nitrogens with zero attached hydrogens (tertiary/aromatic N) is 2. The topological polar surface area (TPSA) is 24.7 Å². The normalized spacial score (nSPS) is 13.6. The predicted octanol–water partition coefficient (Wildman–Crippen LogP) is 3.31. The molecule has 0 fully saturated rings. The molecule has 1 radical (unpaired) electrons. The summed E-state index contributed by atoms with van der Waals surface area (Å²) in [6.45, 7) is 0. The molecule has 3 rings (SSSR count). The van der Waals surface area contributed by atoms with Gasteiger partial charge in [0.25, 0.3) is 0 Å². The third-order valence-corrected chi connectivity index (χ3v) is 2.73. The van der Waals surface area contributed by atoms with Crippen LogP contribution in [0.25, 0.3) is 11.1 Å². The standard InChI is InChI=1S/C15H11N2.Ir/c1-2-5-12(6-3-1)13-7-4-8-14(11-13)15-16-9-10-17-15;/h1-7,9-11,15H;/q-1;. The summed E-state index contributed by atoms with van der Waals surface area (Å²) in [6, 6.07) is 19.6. The van der Waals surface area contributed by atoms with Crippen LogP contribution in [-0.2, 0) is 20.1 Å². The minimum Gasteiger partial charge on any atom is -0.262 e. The molecular formula is C15H11IrN2-. The average molecular weight is 411 g/mol. The molecular weight excluding hydrogens is 400 g/mol. The summed E-state index contributed by atoms with van der Waals surface area (Å²) in [7, 11) is 0. The van der Waals surface area contributed by atoms with E-state index in [1.807, 2.05) is 24.3 Å². The zero-order chi connectivity index (χ0) is 11.5. The summed E-state index contributed by atoms with van der Waals surface area (Å²) < 4.78 is 0. The molecule has 0 aromatic heterocycles. The molecule has 2 aromatic carbocycles. The van der Waals surface area contributed by atoms with E-state index in [0.29, 0.717) is 0 Å². The Morgan fingerprint density at radius 3 is 2.33 bits per heavy atom. The Hall–Kier alpha value is -1.57. The molecule has 1 aliphatic rings. The van der Waals surface area contributed by atoms with Crippen molar-refractivity contribution in [3.63, 3.8) is 0 Å². The average Bonchev–Trinajstić information content (AvgIpc) is 2.94. The number of benzene rings is 2. The Balaban J connectivity index is 0.00000120. The van der Waals surface area contributed by atoms with E-state index in [1.165, 1.54) is 11.1 Å². The quantitative estimate of drug-likeness (QED) is 0.678. The maximum Gasteiger partial charge on any atom is 0.143 e. The molecule has 0 spiro atoms. The fourth-order valence-electron chi connectivity index (χ4n) is 1.88. The second-order valence-corrected chi connectivity index (χ2v) is 3.87. The minimum atomic E-state index is -0.112. The first-order valence-corrected chi connectivity index (χ1v) is 5.55. The molecule has 0 N–H and O–H groups in total. The van der Waals surface area contributed by atoms with Crippen LogP contribution in [-0.4, -0.2) is 12.4 Å². The Morgan fingerprint density at radius 1 is 0.889 bits per heavy atom. The molecule has 0 bridgehead atoms. The van der Waals surface area contributed by atoms with Crippen LogP contribution in [0.1, 0.15) is 11.7 Å². The van der Waals surface area contributed by atoms with Crippen LogP contribution in [0.3, 0.4) is 0 Å². The molecule has 3 heteroatoms. The van der Waals surface area contributed by atoms with Gasteiger partial charge in [-0.2, -0.15) is 24.3 Å². The number of aliphatic imine (C=N–C) groups is 2. The second kappa shape index (κ2) is 5.85. The second-order valence-electron chi connectivity index (χ2n) is 3.87. The number of hydrogen-bond acceptors (Lipinski definition) is 2. The molecule has 0 atom stereocenters. The molecule has 0 unspecified atom stereocenters. The smallest absolute Gasteiger partial charge is 0.143 e. The van der Waals surface area contributed by atoms with E-state index in [-0.39, 0.29) is 26.3 Å². The van der Waals surface area contributed by atoms with Gasteiger partial charge in [0.1, 0.15) is 6.17 Å². The minimum absolute atomic E-state index is 0. The zero-order valence-electron chi connectivity index (χ0n) is 9.58. The summed E-state index contributed by atoms with van der Waals surface area (Å²) in [6.07, 6.45) is 3.35. The van der Waals surface area contributed by atoms with Crippen molar-refractivity contribution in [2.45, 2.75) is 6.17 Å². The van der Waals surface area contributed by atoms with Crippen molar-refractivity contribution in [1.82, 2.24) is 0 Å². The first kappa shape index (κ1) is 12.9. The molecule has 2 nitrogen and oxygen atoms in total. The third kappa shape index (κ3) is 2.63. The first-order chi connectivity index (χ1) is 8.43. The fraction of sp³-hybridized carbons (Fsp3) is 0.0667. The molecule has 0 saturated carbocycles. The van der Waals surface area contributed by atoms with Crippen LogP contribution in [0, 0.1) is 6.07 Å². The van der Waals surface area contributed by atoms with Crippen LogP contribution >= 0.6 is 0 Å². The van der Waals surface area contributed by atoms with Crippen LogP contribution in [0.4, 0.5) is 0 Å². The zero-order valence-corrected chi connectivity index (χ0v) is 12.0. The van der Waals surface area contributed by atoms with E-state index >= 15 is 0 Å². The van der Waals surface area contributed by atoms with Crippen molar-refractivity contribution >= 4 is 12.4 Å². The van der Waals surface area contributed by atoms with Gasteiger partial charge >= 0.3 is 0 Å². The number of rotatable bonds is 2. The summed E-state index contributed by atoms with van der Waals surface area (Å²) in [5, 5.41) is 0. The van der Waals surface area contributed by atoms with Gasteiger partial charge in [-0.15, -0.1) is 11.1 Å². The Labute approximate surface area is 120 Å². The van der Waals surface area contributed by atoms with Gasteiger partial charge in [0, 0.05) is 32.5 Å². The molecule has 1 aliphatic heterocycles. The fourth-order valence-corrected chi connectivity index (χ4v) is 1.88. The van der Waals surface area contributed by atoms with Crippen molar-refractivity contribution in [2.75, 3.05) is 0 Å². The van der Waals surface area contributed by atoms with Crippen LogP contribution in [0.5, 0.6) is 0 Å². The first-order valence-electron chi connectivity index (χ1n) is 5.55. The monoisotopic (exact) mass is 412 g/mol. The maximum absolute atomic E-state index is 4.26. The molecule has 0 aliphatic carbocycles.